The van der Waals surface area contributed by atoms with E-state index in [1.165, 1.54) is 11.1 Å². The number of nitrogens with one attached hydrogen (secondary N) is 1. The Kier molecular flexibility index (Phi) is 3.57. The molecule has 1 unspecified atom stereocenters. The van der Waals surface area contributed by atoms with Crippen molar-refractivity contribution in [1.82, 2.24) is 0 Å². The predicted molar refractivity (Wildman–Crippen MR) is 83.5 cm³/mol. The molecule has 0 fully saturated rings. The summed E-state index contributed by atoms with van der Waals surface area (Å²) >= 11 is 3.57. The minimum absolute atomic E-state index is 0.183. The lowest BCUT2D eigenvalue weighted by atomic mass is 10.1. The first-order valence-electron chi connectivity index (χ1n) is 6.56. The first-order chi connectivity index (χ1) is 9.63. The van der Waals surface area contributed by atoms with E-state index >= 15 is 0 Å². The molecule has 1 atom stereocenters. The molecule has 0 bridgehead atoms. The van der Waals surface area contributed by atoms with Crippen LogP contribution in [0.4, 0.5) is 5.69 Å². The van der Waals surface area contributed by atoms with Crippen LogP contribution in [-0.4, -0.2) is 6.79 Å². The zero-order valence-electron chi connectivity index (χ0n) is 11.4. The highest BCUT2D eigenvalue weighted by molar-refractivity contribution is 9.10. The van der Waals surface area contributed by atoms with Gasteiger partial charge in [-0.15, -0.1) is 0 Å². The topological polar surface area (TPSA) is 30.5 Å². The Morgan fingerprint density at radius 2 is 1.90 bits per heavy atom. The number of hydrogen-bond acceptors (Lipinski definition) is 3. The van der Waals surface area contributed by atoms with Gasteiger partial charge >= 0.3 is 0 Å². The summed E-state index contributed by atoms with van der Waals surface area (Å²) in [6, 6.07) is 12.5. The van der Waals surface area contributed by atoms with Crippen LogP contribution in [0.2, 0.25) is 0 Å². The quantitative estimate of drug-likeness (QED) is 0.886. The third kappa shape index (κ3) is 2.61. The number of aryl methyl sites for hydroxylation is 1. The molecule has 0 saturated carbocycles. The molecule has 0 radical (unpaired) electrons. The lowest BCUT2D eigenvalue weighted by Gasteiger charge is -2.17. The molecule has 3 rings (SSSR count). The summed E-state index contributed by atoms with van der Waals surface area (Å²) in [5, 5.41) is 3.52. The molecule has 1 aliphatic heterocycles. The summed E-state index contributed by atoms with van der Waals surface area (Å²) in [6.07, 6.45) is 0. The van der Waals surface area contributed by atoms with Crippen LogP contribution < -0.4 is 14.8 Å². The smallest absolute Gasteiger partial charge is 0.231 e. The molecule has 1 heterocycles. The van der Waals surface area contributed by atoms with Gasteiger partial charge in [0.05, 0.1) is 0 Å². The second kappa shape index (κ2) is 5.37. The van der Waals surface area contributed by atoms with Gasteiger partial charge in [-0.05, 0) is 65.2 Å². The highest BCUT2D eigenvalue weighted by atomic mass is 79.9. The summed E-state index contributed by atoms with van der Waals surface area (Å²) in [5.74, 6) is 1.64. The molecule has 0 spiro atoms. The summed E-state index contributed by atoms with van der Waals surface area (Å²) in [5.41, 5.74) is 3.49. The van der Waals surface area contributed by atoms with Crippen LogP contribution in [0.5, 0.6) is 11.5 Å². The van der Waals surface area contributed by atoms with E-state index in [1.54, 1.807) is 0 Å². The van der Waals surface area contributed by atoms with Crippen LogP contribution in [0.3, 0.4) is 0 Å². The number of rotatable bonds is 3. The van der Waals surface area contributed by atoms with E-state index in [2.05, 4.69) is 59.4 Å². The van der Waals surface area contributed by atoms with Crippen LogP contribution in [0.1, 0.15) is 24.1 Å². The molecule has 0 saturated heterocycles. The van der Waals surface area contributed by atoms with Gasteiger partial charge in [0.2, 0.25) is 6.79 Å². The Labute approximate surface area is 127 Å². The van der Waals surface area contributed by atoms with Gasteiger partial charge in [-0.1, -0.05) is 12.1 Å². The number of ether oxygens (including phenoxy) is 2. The number of fused-ring (bicyclic) bond motifs is 1. The number of benzene rings is 2. The van der Waals surface area contributed by atoms with Crippen molar-refractivity contribution in [1.29, 1.82) is 0 Å². The Morgan fingerprint density at radius 3 is 2.75 bits per heavy atom. The van der Waals surface area contributed by atoms with Crippen LogP contribution in [0.15, 0.2) is 40.9 Å². The van der Waals surface area contributed by atoms with Crippen LogP contribution in [0, 0.1) is 6.92 Å². The van der Waals surface area contributed by atoms with Crippen molar-refractivity contribution in [3.63, 3.8) is 0 Å². The number of hydrogen-bond donors (Lipinski definition) is 1. The highest BCUT2D eigenvalue weighted by Crippen LogP contribution is 2.35. The molecule has 20 heavy (non-hydrogen) atoms. The Balaban J connectivity index is 1.82. The normalized spacial score (nSPS) is 14.2. The number of halogens is 1. The molecular formula is C16H16BrNO2. The van der Waals surface area contributed by atoms with E-state index in [0.29, 0.717) is 6.79 Å². The second-order valence-electron chi connectivity index (χ2n) is 4.96. The maximum absolute atomic E-state index is 5.42. The average Bonchev–Trinajstić information content (AvgIpc) is 2.90. The van der Waals surface area contributed by atoms with E-state index in [4.69, 9.17) is 9.47 Å². The van der Waals surface area contributed by atoms with Gasteiger partial charge in [-0.25, -0.2) is 0 Å². The van der Waals surface area contributed by atoms with Crippen molar-refractivity contribution in [2.24, 2.45) is 0 Å². The van der Waals surface area contributed by atoms with E-state index in [0.717, 1.165) is 21.7 Å². The Hall–Kier alpha value is -1.68. The molecule has 2 aromatic carbocycles. The molecule has 1 aliphatic rings. The molecule has 3 nitrogen and oxygen atoms in total. The standard InChI is InChI=1S/C16H16BrNO2/c1-10-3-5-13(17)14(7-10)18-11(2)12-4-6-15-16(8-12)20-9-19-15/h3-8,11,18H,9H2,1-2H3. The van der Waals surface area contributed by atoms with E-state index in [-0.39, 0.29) is 6.04 Å². The molecule has 0 aliphatic carbocycles. The Morgan fingerprint density at radius 1 is 1.10 bits per heavy atom. The first kappa shape index (κ1) is 13.3. The average molecular weight is 334 g/mol. The van der Waals surface area contributed by atoms with Gasteiger partial charge in [-0.2, -0.15) is 0 Å². The van der Waals surface area contributed by atoms with Crippen LogP contribution >= 0.6 is 15.9 Å². The van der Waals surface area contributed by atoms with Crippen molar-refractivity contribution in [3.8, 4) is 11.5 Å². The number of anilines is 1. The van der Waals surface area contributed by atoms with Crippen LogP contribution in [-0.2, 0) is 0 Å². The van der Waals surface area contributed by atoms with Gasteiger partial charge in [0.1, 0.15) is 0 Å². The zero-order valence-corrected chi connectivity index (χ0v) is 13.0. The molecular weight excluding hydrogens is 318 g/mol. The Bertz CT molecular complexity index is 642. The highest BCUT2D eigenvalue weighted by Gasteiger charge is 2.16. The van der Waals surface area contributed by atoms with Crippen molar-refractivity contribution in [2.45, 2.75) is 19.9 Å². The van der Waals surface area contributed by atoms with Gasteiger partial charge in [-0.3, -0.25) is 0 Å². The summed E-state index contributed by atoms with van der Waals surface area (Å²) in [6.45, 7) is 4.53. The minimum Gasteiger partial charge on any atom is -0.454 e. The SMILES string of the molecule is Cc1ccc(Br)c(NC(C)c2ccc3c(c2)OCO3)c1. The fourth-order valence-corrected chi connectivity index (χ4v) is 2.61. The van der Waals surface area contributed by atoms with E-state index in [9.17, 15) is 0 Å². The van der Waals surface area contributed by atoms with E-state index < -0.39 is 0 Å². The van der Waals surface area contributed by atoms with Crippen molar-refractivity contribution in [2.75, 3.05) is 12.1 Å². The molecule has 104 valence electrons. The zero-order chi connectivity index (χ0) is 14.1. The molecule has 0 aromatic heterocycles. The maximum atomic E-state index is 5.42. The van der Waals surface area contributed by atoms with Crippen LogP contribution in [0.25, 0.3) is 0 Å². The molecule has 1 N–H and O–H groups in total. The molecule has 0 amide bonds. The molecule has 4 heteroatoms. The van der Waals surface area contributed by atoms with Crippen molar-refractivity contribution >= 4 is 21.6 Å². The maximum Gasteiger partial charge on any atom is 0.231 e. The summed E-state index contributed by atoms with van der Waals surface area (Å²) < 4.78 is 11.8. The second-order valence-corrected chi connectivity index (χ2v) is 5.82. The fraction of sp³-hybridized carbons (Fsp3) is 0.250. The third-order valence-corrected chi connectivity index (χ3v) is 4.08. The van der Waals surface area contributed by atoms with E-state index in [1.807, 2.05) is 12.1 Å². The third-order valence-electron chi connectivity index (χ3n) is 3.39. The summed E-state index contributed by atoms with van der Waals surface area (Å²) in [7, 11) is 0. The van der Waals surface area contributed by atoms with Gasteiger partial charge in [0, 0.05) is 16.2 Å². The predicted octanol–water partition coefficient (Wildman–Crippen LogP) is 4.66. The monoisotopic (exact) mass is 333 g/mol. The first-order valence-corrected chi connectivity index (χ1v) is 7.35. The van der Waals surface area contributed by atoms with Crippen molar-refractivity contribution in [3.05, 3.63) is 52.0 Å². The molecule has 2 aromatic rings. The summed E-state index contributed by atoms with van der Waals surface area (Å²) in [4.78, 5) is 0. The fourth-order valence-electron chi connectivity index (χ4n) is 2.25. The lowest BCUT2D eigenvalue weighted by Crippen LogP contribution is -2.07. The van der Waals surface area contributed by atoms with Gasteiger partial charge in [0.25, 0.3) is 0 Å². The minimum atomic E-state index is 0.183. The lowest BCUT2D eigenvalue weighted by molar-refractivity contribution is 0.174. The largest absolute Gasteiger partial charge is 0.454 e. The van der Waals surface area contributed by atoms with Gasteiger partial charge < -0.3 is 14.8 Å². The van der Waals surface area contributed by atoms with Gasteiger partial charge in [0.15, 0.2) is 11.5 Å². The van der Waals surface area contributed by atoms with Crippen molar-refractivity contribution < 1.29 is 9.47 Å².